The van der Waals surface area contributed by atoms with Crippen LogP contribution in [0.1, 0.15) is 31.4 Å². The van der Waals surface area contributed by atoms with Gasteiger partial charge in [0.15, 0.2) is 0 Å². The fourth-order valence-electron chi connectivity index (χ4n) is 2.20. The molecule has 134 valence electrons. The smallest absolute Gasteiger partial charge is 0.321 e. The van der Waals surface area contributed by atoms with Gasteiger partial charge in [0.25, 0.3) is 0 Å². The van der Waals surface area contributed by atoms with E-state index >= 15 is 0 Å². The molecule has 25 heavy (non-hydrogen) atoms. The molecule has 2 rings (SSSR count). The van der Waals surface area contributed by atoms with Crippen LogP contribution in [0.4, 0.5) is 4.79 Å². The van der Waals surface area contributed by atoms with Crippen molar-refractivity contribution in [1.29, 1.82) is 0 Å². The number of rotatable bonds is 6. The summed E-state index contributed by atoms with van der Waals surface area (Å²) in [6, 6.07) is 5.44. The number of nitrogens with zero attached hydrogens (tertiary/aromatic N) is 4. The molecule has 0 radical (unpaired) electrons. The van der Waals surface area contributed by atoms with E-state index in [1.807, 2.05) is 45.9 Å². The lowest BCUT2D eigenvalue weighted by molar-refractivity contribution is -0.117. The molecule has 0 unspecified atom stereocenters. The predicted molar refractivity (Wildman–Crippen MR) is 95.8 cm³/mol. The van der Waals surface area contributed by atoms with E-state index in [2.05, 4.69) is 26.2 Å². The Morgan fingerprint density at radius 3 is 2.60 bits per heavy atom. The van der Waals surface area contributed by atoms with E-state index < -0.39 is 11.9 Å². The predicted octanol–water partition coefficient (Wildman–Crippen LogP) is 2.00. The topological polar surface area (TPSA) is 102 Å². The number of imide groups is 1. The largest absolute Gasteiger partial charge is 0.335 e. The standard InChI is InChI=1S/C16H22N6O2S/c1-5-12(4)17-15(24)18-13(23)9-25-16-19-20-21-22(16)14-10(2)7-6-8-11(14)3/h6-8,12H,5,9H2,1-4H3,(H2,17,18,23,24)/t12-/m0/s1. The molecular formula is C16H22N6O2S. The lowest BCUT2D eigenvalue weighted by Gasteiger charge is -2.12. The molecule has 1 aromatic carbocycles. The number of para-hydroxylation sites is 1. The van der Waals surface area contributed by atoms with Crippen molar-refractivity contribution in [2.75, 3.05) is 5.75 Å². The van der Waals surface area contributed by atoms with Gasteiger partial charge in [-0.05, 0) is 48.7 Å². The van der Waals surface area contributed by atoms with Crippen LogP contribution in [0.25, 0.3) is 5.69 Å². The van der Waals surface area contributed by atoms with Gasteiger partial charge in [-0.1, -0.05) is 36.9 Å². The Bertz CT molecular complexity index is 741. The third-order valence-electron chi connectivity index (χ3n) is 3.67. The highest BCUT2D eigenvalue weighted by Crippen LogP contribution is 2.23. The first kappa shape index (κ1) is 18.9. The molecule has 2 aromatic rings. The van der Waals surface area contributed by atoms with Gasteiger partial charge >= 0.3 is 6.03 Å². The fourth-order valence-corrected chi connectivity index (χ4v) is 2.88. The van der Waals surface area contributed by atoms with Crippen LogP contribution in [0.5, 0.6) is 0 Å². The minimum Gasteiger partial charge on any atom is -0.335 e. The number of hydrogen-bond acceptors (Lipinski definition) is 6. The van der Waals surface area contributed by atoms with E-state index in [0.717, 1.165) is 23.2 Å². The SMILES string of the molecule is CC[C@H](C)NC(=O)NC(=O)CSc1nnnn1-c1c(C)cccc1C. The molecule has 3 amide bonds. The van der Waals surface area contributed by atoms with Crippen LogP contribution in [0, 0.1) is 13.8 Å². The second-order valence-electron chi connectivity index (χ2n) is 5.73. The Labute approximate surface area is 150 Å². The maximum atomic E-state index is 11.9. The molecule has 1 aromatic heterocycles. The number of nitrogens with one attached hydrogen (secondary N) is 2. The zero-order valence-corrected chi connectivity index (χ0v) is 15.6. The van der Waals surface area contributed by atoms with Crippen LogP contribution >= 0.6 is 11.8 Å². The van der Waals surface area contributed by atoms with Crippen molar-refractivity contribution in [2.45, 2.75) is 45.3 Å². The quantitative estimate of drug-likeness (QED) is 0.762. The van der Waals surface area contributed by atoms with Gasteiger partial charge in [0, 0.05) is 6.04 Å². The number of aromatic nitrogens is 4. The molecule has 1 atom stereocenters. The summed E-state index contributed by atoms with van der Waals surface area (Å²) in [7, 11) is 0. The Kier molecular flexibility index (Phi) is 6.51. The van der Waals surface area contributed by atoms with E-state index in [-0.39, 0.29) is 11.8 Å². The molecule has 0 saturated carbocycles. The first-order valence-corrected chi connectivity index (χ1v) is 8.99. The molecule has 8 nitrogen and oxygen atoms in total. The van der Waals surface area contributed by atoms with E-state index in [1.54, 1.807) is 4.68 Å². The molecule has 0 fully saturated rings. The summed E-state index contributed by atoms with van der Waals surface area (Å²) in [6.45, 7) is 7.78. The minimum absolute atomic E-state index is 0.0109. The van der Waals surface area contributed by atoms with Crippen molar-refractivity contribution >= 4 is 23.7 Å². The number of aryl methyl sites for hydroxylation is 2. The Morgan fingerprint density at radius 1 is 1.28 bits per heavy atom. The van der Waals surface area contributed by atoms with E-state index in [1.165, 1.54) is 11.8 Å². The molecule has 0 saturated heterocycles. The van der Waals surface area contributed by atoms with Gasteiger partial charge in [0.05, 0.1) is 11.4 Å². The van der Waals surface area contributed by atoms with Crippen LogP contribution < -0.4 is 10.6 Å². The number of urea groups is 1. The maximum Gasteiger partial charge on any atom is 0.321 e. The number of hydrogen-bond donors (Lipinski definition) is 2. The summed E-state index contributed by atoms with van der Waals surface area (Å²) < 4.78 is 1.61. The first-order chi connectivity index (χ1) is 11.9. The number of carbonyl (C=O) groups excluding carboxylic acids is 2. The summed E-state index contributed by atoms with van der Waals surface area (Å²) in [5.41, 5.74) is 2.96. The number of carbonyl (C=O) groups is 2. The number of amides is 3. The van der Waals surface area contributed by atoms with Crippen LogP contribution in [0.15, 0.2) is 23.4 Å². The Hall–Kier alpha value is -2.42. The number of tetrazole rings is 1. The summed E-state index contributed by atoms with van der Waals surface area (Å²) in [6.07, 6.45) is 0.793. The summed E-state index contributed by atoms with van der Waals surface area (Å²) >= 11 is 1.18. The van der Waals surface area contributed by atoms with Crippen molar-refractivity contribution in [3.8, 4) is 5.69 Å². The highest BCUT2D eigenvalue weighted by atomic mass is 32.2. The summed E-state index contributed by atoms with van der Waals surface area (Å²) in [5.74, 6) is -0.360. The third kappa shape index (κ3) is 5.02. The van der Waals surface area contributed by atoms with Crippen molar-refractivity contribution in [3.63, 3.8) is 0 Å². The molecule has 0 aliphatic heterocycles. The zero-order valence-electron chi connectivity index (χ0n) is 14.7. The highest BCUT2D eigenvalue weighted by molar-refractivity contribution is 7.99. The fraction of sp³-hybridized carbons (Fsp3) is 0.438. The zero-order chi connectivity index (χ0) is 18.4. The Balaban J connectivity index is 2.00. The lowest BCUT2D eigenvalue weighted by Crippen LogP contribution is -2.43. The first-order valence-electron chi connectivity index (χ1n) is 8.00. The summed E-state index contributed by atoms with van der Waals surface area (Å²) in [4.78, 5) is 23.6. The highest BCUT2D eigenvalue weighted by Gasteiger charge is 2.16. The van der Waals surface area contributed by atoms with Gasteiger partial charge in [-0.2, -0.15) is 4.68 Å². The number of thioether (sulfide) groups is 1. The maximum absolute atomic E-state index is 11.9. The van der Waals surface area contributed by atoms with Crippen molar-refractivity contribution in [2.24, 2.45) is 0 Å². The summed E-state index contributed by atoms with van der Waals surface area (Å²) in [5, 5.41) is 17.2. The van der Waals surface area contributed by atoms with Crippen molar-refractivity contribution < 1.29 is 9.59 Å². The molecule has 9 heteroatoms. The van der Waals surface area contributed by atoms with Gasteiger partial charge in [-0.3, -0.25) is 10.1 Å². The van der Waals surface area contributed by atoms with Gasteiger partial charge in [-0.25, -0.2) is 4.79 Å². The molecule has 0 aliphatic rings. The second kappa shape index (κ2) is 8.61. The van der Waals surface area contributed by atoms with Crippen LogP contribution in [0.3, 0.4) is 0 Å². The minimum atomic E-state index is -0.491. The van der Waals surface area contributed by atoms with E-state index in [9.17, 15) is 9.59 Å². The average molecular weight is 362 g/mol. The lowest BCUT2D eigenvalue weighted by atomic mass is 10.1. The van der Waals surface area contributed by atoms with Crippen molar-refractivity contribution in [3.05, 3.63) is 29.3 Å². The normalized spacial score (nSPS) is 11.8. The van der Waals surface area contributed by atoms with Crippen LogP contribution in [-0.2, 0) is 4.79 Å². The second-order valence-corrected chi connectivity index (χ2v) is 6.68. The monoisotopic (exact) mass is 362 g/mol. The number of benzene rings is 1. The van der Waals surface area contributed by atoms with Gasteiger partial charge in [-0.15, -0.1) is 5.10 Å². The van der Waals surface area contributed by atoms with Gasteiger partial charge < -0.3 is 5.32 Å². The molecule has 0 aliphatic carbocycles. The van der Waals surface area contributed by atoms with Crippen LogP contribution in [-0.4, -0.2) is 43.9 Å². The van der Waals surface area contributed by atoms with Crippen molar-refractivity contribution in [1.82, 2.24) is 30.8 Å². The van der Waals surface area contributed by atoms with Gasteiger partial charge in [0.2, 0.25) is 11.1 Å². The average Bonchev–Trinajstić information content (AvgIpc) is 3.00. The third-order valence-corrected chi connectivity index (χ3v) is 4.59. The molecular weight excluding hydrogens is 340 g/mol. The van der Waals surface area contributed by atoms with E-state index in [4.69, 9.17) is 0 Å². The van der Waals surface area contributed by atoms with Gasteiger partial charge in [0.1, 0.15) is 0 Å². The molecule has 0 spiro atoms. The molecule has 1 heterocycles. The molecule has 0 bridgehead atoms. The van der Waals surface area contributed by atoms with Crippen LogP contribution in [0.2, 0.25) is 0 Å². The Morgan fingerprint density at radius 2 is 1.96 bits per heavy atom. The molecule has 2 N–H and O–H groups in total. The van der Waals surface area contributed by atoms with E-state index in [0.29, 0.717) is 5.16 Å².